The highest BCUT2D eigenvalue weighted by molar-refractivity contribution is 5.94. The number of fused-ring (bicyclic) bond motifs is 3. The summed E-state index contributed by atoms with van der Waals surface area (Å²) in [6.07, 6.45) is 5.35. The molecule has 1 heterocycles. The van der Waals surface area contributed by atoms with Gasteiger partial charge in [0.05, 0.1) is 12.6 Å². The van der Waals surface area contributed by atoms with Gasteiger partial charge in [0.25, 0.3) is 0 Å². The summed E-state index contributed by atoms with van der Waals surface area (Å²) in [6.45, 7) is 16.7. The van der Waals surface area contributed by atoms with Crippen LogP contribution in [0.1, 0.15) is 98.1 Å². The molecule has 184 valence electrons. The number of phenolic OH excluding ortho intramolecular Hbond substituents is 1. The summed E-state index contributed by atoms with van der Waals surface area (Å²) in [5.74, 6) is 1.04. The minimum Gasteiger partial charge on any atom is -0.508 e. The molecule has 1 amide bonds. The number of carbonyl (C=O) groups excluding carboxylic acids is 1. The van der Waals surface area contributed by atoms with Crippen LogP contribution >= 0.6 is 0 Å². The van der Waals surface area contributed by atoms with Gasteiger partial charge in [-0.25, -0.2) is 0 Å². The molecule has 3 atom stereocenters. The van der Waals surface area contributed by atoms with Gasteiger partial charge in [-0.2, -0.15) is 0 Å². The number of ether oxygens (including phenoxy) is 1. The molecule has 0 spiro atoms. The molecule has 3 N–H and O–H groups in total. The van der Waals surface area contributed by atoms with Crippen LogP contribution in [0.3, 0.4) is 0 Å². The third-order valence-corrected chi connectivity index (χ3v) is 7.78. The van der Waals surface area contributed by atoms with E-state index in [-0.39, 0.29) is 47.0 Å². The zero-order valence-electron chi connectivity index (χ0n) is 21.7. The van der Waals surface area contributed by atoms with Crippen molar-refractivity contribution in [2.45, 2.75) is 104 Å². The Morgan fingerprint density at radius 1 is 1.24 bits per heavy atom. The molecule has 3 rings (SSSR count). The van der Waals surface area contributed by atoms with Gasteiger partial charge >= 0.3 is 0 Å². The second-order valence-corrected chi connectivity index (χ2v) is 12.2. The number of hydrogen-bond donors (Lipinski definition) is 3. The zero-order chi connectivity index (χ0) is 24.8. The maximum absolute atomic E-state index is 13.1. The molecule has 1 aliphatic heterocycles. The second-order valence-electron chi connectivity index (χ2n) is 12.2. The number of aliphatic hydroxyl groups is 1. The van der Waals surface area contributed by atoms with Gasteiger partial charge in [0.15, 0.2) is 0 Å². The number of nitrogens with one attached hydrogen (secondary N) is 1. The molecule has 33 heavy (non-hydrogen) atoms. The fraction of sp³-hybridized carbons (Fsp3) is 0.679. The van der Waals surface area contributed by atoms with Gasteiger partial charge in [0.1, 0.15) is 17.1 Å². The molecule has 5 nitrogen and oxygen atoms in total. The van der Waals surface area contributed by atoms with Crippen LogP contribution in [0.15, 0.2) is 23.8 Å². The van der Waals surface area contributed by atoms with Crippen molar-refractivity contribution in [1.29, 1.82) is 0 Å². The van der Waals surface area contributed by atoms with Gasteiger partial charge < -0.3 is 20.3 Å². The Morgan fingerprint density at radius 3 is 2.48 bits per heavy atom. The van der Waals surface area contributed by atoms with E-state index in [0.29, 0.717) is 12.8 Å². The quantitative estimate of drug-likeness (QED) is 0.521. The largest absolute Gasteiger partial charge is 0.508 e. The predicted molar refractivity (Wildman–Crippen MR) is 133 cm³/mol. The van der Waals surface area contributed by atoms with Crippen LogP contribution in [0.4, 0.5) is 0 Å². The highest BCUT2D eigenvalue weighted by Gasteiger charge is 2.47. The highest BCUT2D eigenvalue weighted by atomic mass is 16.5. The first-order chi connectivity index (χ1) is 15.2. The number of aromatic hydroxyl groups is 1. The Kier molecular flexibility index (Phi) is 6.97. The van der Waals surface area contributed by atoms with E-state index in [9.17, 15) is 15.0 Å². The van der Waals surface area contributed by atoms with Crippen LogP contribution in [0.25, 0.3) is 0 Å². The van der Waals surface area contributed by atoms with Crippen LogP contribution in [0, 0.1) is 11.3 Å². The maximum Gasteiger partial charge on any atom is 0.247 e. The number of benzene rings is 1. The summed E-state index contributed by atoms with van der Waals surface area (Å²) in [5.41, 5.74) is 1.91. The number of carbonyl (C=O) groups is 1. The number of allylic oxidation sites excluding steroid dienone is 1. The van der Waals surface area contributed by atoms with Gasteiger partial charge in [-0.05, 0) is 61.6 Å². The first-order valence-corrected chi connectivity index (χ1v) is 12.4. The molecule has 0 radical (unpaired) electrons. The van der Waals surface area contributed by atoms with Crippen molar-refractivity contribution < 1.29 is 19.7 Å². The Bertz CT molecular complexity index is 923. The van der Waals surface area contributed by atoms with E-state index in [0.717, 1.165) is 35.3 Å². The molecule has 1 unspecified atom stereocenters. The number of phenols is 1. The first-order valence-electron chi connectivity index (χ1n) is 12.4. The van der Waals surface area contributed by atoms with Crippen molar-refractivity contribution in [3.8, 4) is 11.5 Å². The summed E-state index contributed by atoms with van der Waals surface area (Å²) >= 11 is 0. The normalized spacial score (nSPS) is 23.0. The molecule has 0 fully saturated rings. The molecule has 0 bridgehead atoms. The van der Waals surface area contributed by atoms with Gasteiger partial charge in [0.2, 0.25) is 5.91 Å². The van der Waals surface area contributed by atoms with Gasteiger partial charge in [-0.15, -0.1) is 0 Å². The Balaban J connectivity index is 1.95. The lowest BCUT2D eigenvalue weighted by atomic mass is 9.66. The molecule has 5 heteroatoms. The standard InChI is InChI=1S/C28H43NO4/c1-9-12-27(5,6)18-14-21(31)24-19-13-17(25(32)29-23(16-30)26(2,3)4)10-11-20(19)28(7,8)33-22(24)15-18/h10,14-15,19-20,23,30-31H,9,11-13,16H2,1-8H3,(H,29,32)/t19?,20-,23-/m1/s1. The van der Waals surface area contributed by atoms with E-state index in [1.54, 1.807) is 0 Å². The molecular formula is C28H43NO4. The summed E-state index contributed by atoms with van der Waals surface area (Å²) in [6, 6.07) is 3.67. The van der Waals surface area contributed by atoms with E-state index < -0.39 is 5.60 Å². The second kappa shape index (κ2) is 8.98. The molecule has 0 saturated heterocycles. The lowest BCUT2D eigenvalue weighted by molar-refractivity contribution is -0.119. The smallest absolute Gasteiger partial charge is 0.247 e. The Labute approximate surface area is 199 Å². The van der Waals surface area contributed by atoms with Crippen molar-refractivity contribution in [2.24, 2.45) is 11.3 Å². The van der Waals surface area contributed by atoms with E-state index in [1.165, 1.54) is 0 Å². The van der Waals surface area contributed by atoms with Crippen LogP contribution in [0.2, 0.25) is 0 Å². The highest BCUT2D eigenvalue weighted by Crippen LogP contribution is 2.55. The number of rotatable bonds is 6. The van der Waals surface area contributed by atoms with Crippen molar-refractivity contribution >= 4 is 5.91 Å². The maximum atomic E-state index is 13.1. The lowest BCUT2D eigenvalue weighted by Gasteiger charge is -2.47. The summed E-state index contributed by atoms with van der Waals surface area (Å²) in [4.78, 5) is 13.1. The van der Waals surface area contributed by atoms with E-state index >= 15 is 0 Å². The Hall–Kier alpha value is -2.01. The Morgan fingerprint density at radius 2 is 1.91 bits per heavy atom. The van der Waals surface area contributed by atoms with Crippen LogP contribution in [-0.2, 0) is 10.2 Å². The van der Waals surface area contributed by atoms with Crippen LogP contribution in [-0.4, -0.2) is 34.4 Å². The fourth-order valence-electron chi connectivity index (χ4n) is 5.53. The fourth-order valence-corrected chi connectivity index (χ4v) is 5.53. The number of amides is 1. The molecule has 0 aromatic heterocycles. The molecule has 1 aliphatic carbocycles. The van der Waals surface area contributed by atoms with Crippen molar-refractivity contribution in [1.82, 2.24) is 5.32 Å². The number of hydrogen-bond acceptors (Lipinski definition) is 4. The van der Waals surface area contributed by atoms with Crippen molar-refractivity contribution in [3.05, 3.63) is 34.9 Å². The van der Waals surface area contributed by atoms with Gasteiger partial charge in [0, 0.05) is 23.0 Å². The molecule has 0 saturated carbocycles. The van der Waals surface area contributed by atoms with E-state index in [4.69, 9.17) is 4.74 Å². The summed E-state index contributed by atoms with van der Waals surface area (Å²) in [5, 5.41) is 24.0. The van der Waals surface area contributed by atoms with Crippen molar-refractivity contribution in [2.75, 3.05) is 6.61 Å². The monoisotopic (exact) mass is 457 g/mol. The summed E-state index contributed by atoms with van der Waals surface area (Å²) in [7, 11) is 0. The van der Waals surface area contributed by atoms with Gasteiger partial charge in [-0.1, -0.05) is 54.0 Å². The number of aliphatic hydroxyl groups excluding tert-OH is 1. The van der Waals surface area contributed by atoms with Crippen LogP contribution < -0.4 is 10.1 Å². The topological polar surface area (TPSA) is 78.8 Å². The first kappa shape index (κ1) is 25.6. The SMILES string of the molecule is CCCC(C)(C)c1cc(O)c2c(c1)OC(C)(C)[C@@H]1CC=C(C(=O)N[C@H](CO)C(C)(C)C)CC21. The third kappa shape index (κ3) is 5.08. The zero-order valence-corrected chi connectivity index (χ0v) is 21.7. The molecular weight excluding hydrogens is 414 g/mol. The van der Waals surface area contributed by atoms with E-state index in [2.05, 4.69) is 46.0 Å². The third-order valence-electron chi connectivity index (χ3n) is 7.78. The molecule has 1 aromatic carbocycles. The predicted octanol–water partition coefficient (Wildman–Crippen LogP) is 5.58. The minimum atomic E-state index is -0.408. The van der Waals surface area contributed by atoms with Gasteiger partial charge in [-0.3, -0.25) is 4.79 Å². The summed E-state index contributed by atoms with van der Waals surface area (Å²) < 4.78 is 6.48. The molecule has 2 aliphatic rings. The average molecular weight is 458 g/mol. The lowest BCUT2D eigenvalue weighted by Crippen LogP contribution is -2.49. The minimum absolute atomic E-state index is 0.0000469. The van der Waals surface area contributed by atoms with Crippen LogP contribution in [0.5, 0.6) is 11.5 Å². The van der Waals surface area contributed by atoms with Crippen molar-refractivity contribution in [3.63, 3.8) is 0 Å². The average Bonchev–Trinajstić information content (AvgIpc) is 2.69. The molecule has 1 aromatic rings. The van der Waals surface area contributed by atoms with E-state index in [1.807, 2.05) is 32.9 Å².